The molecular formula is C13H26N2O2. The third-order valence-corrected chi connectivity index (χ3v) is 3.65. The number of hydrogen-bond acceptors (Lipinski definition) is 4. The fourth-order valence-electron chi connectivity index (χ4n) is 2.62. The summed E-state index contributed by atoms with van der Waals surface area (Å²) < 4.78 is 11.0. The first-order valence-corrected chi connectivity index (χ1v) is 6.97. The highest BCUT2D eigenvalue weighted by Gasteiger charge is 2.18. The summed E-state index contributed by atoms with van der Waals surface area (Å²) in [5, 5.41) is 7.12. The number of morpholine rings is 1. The van der Waals surface area contributed by atoms with E-state index >= 15 is 0 Å². The van der Waals surface area contributed by atoms with Crippen molar-refractivity contribution in [2.75, 3.05) is 39.5 Å². The molecule has 0 aromatic heterocycles. The SMILES string of the molecule is CC(CC1COCCN1)NCC1CCCOC1. The van der Waals surface area contributed by atoms with Crippen molar-refractivity contribution in [2.45, 2.75) is 38.3 Å². The van der Waals surface area contributed by atoms with E-state index in [4.69, 9.17) is 9.47 Å². The Bertz CT molecular complexity index is 202. The highest BCUT2D eigenvalue weighted by molar-refractivity contribution is 4.77. The molecule has 0 saturated carbocycles. The summed E-state index contributed by atoms with van der Waals surface area (Å²) in [6, 6.07) is 1.07. The first-order chi connectivity index (χ1) is 8.34. The van der Waals surface area contributed by atoms with Crippen molar-refractivity contribution in [3.63, 3.8) is 0 Å². The molecule has 0 aromatic carbocycles. The quantitative estimate of drug-likeness (QED) is 0.747. The summed E-state index contributed by atoms with van der Waals surface area (Å²) >= 11 is 0. The van der Waals surface area contributed by atoms with Crippen LogP contribution >= 0.6 is 0 Å². The Morgan fingerprint density at radius 2 is 2.18 bits per heavy atom. The molecule has 3 unspecified atom stereocenters. The summed E-state index contributed by atoms with van der Waals surface area (Å²) in [4.78, 5) is 0. The lowest BCUT2D eigenvalue weighted by atomic mass is 10.0. The summed E-state index contributed by atoms with van der Waals surface area (Å²) in [5.41, 5.74) is 0. The van der Waals surface area contributed by atoms with Gasteiger partial charge in [-0.1, -0.05) is 0 Å². The van der Waals surface area contributed by atoms with Gasteiger partial charge in [-0.3, -0.25) is 0 Å². The van der Waals surface area contributed by atoms with Gasteiger partial charge in [-0.25, -0.2) is 0 Å². The normalized spacial score (nSPS) is 32.3. The molecule has 4 heteroatoms. The zero-order chi connectivity index (χ0) is 11.9. The predicted octanol–water partition coefficient (Wildman–Crippen LogP) is 0.770. The Balaban J connectivity index is 1.57. The third-order valence-electron chi connectivity index (χ3n) is 3.65. The minimum Gasteiger partial charge on any atom is -0.381 e. The molecule has 0 bridgehead atoms. The molecule has 4 nitrogen and oxygen atoms in total. The van der Waals surface area contributed by atoms with Gasteiger partial charge in [-0.05, 0) is 32.1 Å². The van der Waals surface area contributed by atoms with Crippen LogP contribution in [0.15, 0.2) is 0 Å². The summed E-state index contributed by atoms with van der Waals surface area (Å²) in [6.45, 7) is 7.96. The highest BCUT2D eigenvalue weighted by atomic mass is 16.5. The molecule has 3 atom stereocenters. The van der Waals surface area contributed by atoms with Crippen LogP contribution in [0.1, 0.15) is 26.2 Å². The van der Waals surface area contributed by atoms with E-state index in [2.05, 4.69) is 17.6 Å². The molecule has 17 heavy (non-hydrogen) atoms. The maximum absolute atomic E-state index is 5.49. The molecule has 0 radical (unpaired) electrons. The van der Waals surface area contributed by atoms with Crippen molar-refractivity contribution in [1.29, 1.82) is 0 Å². The smallest absolute Gasteiger partial charge is 0.0620 e. The van der Waals surface area contributed by atoms with Crippen molar-refractivity contribution in [3.05, 3.63) is 0 Å². The van der Waals surface area contributed by atoms with Gasteiger partial charge < -0.3 is 20.1 Å². The molecule has 2 saturated heterocycles. The minimum atomic E-state index is 0.522. The summed E-state index contributed by atoms with van der Waals surface area (Å²) in [6.07, 6.45) is 3.68. The minimum absolute atomic E-state index is 0.522. The number of nitrogens with one attached hydrogen (secondary N) is 2. The highest BCUT2D eigenvalue weighted by Crippen LogP contribution is 2.13. The number of rotatable bonds is 5. The Labute approximate surface area is 104 Å². The van der Waals surface area contributed by atoms with Crippen LogP contribution in [0.25, 0.3) is 0 Å². The van der Waals surface area contributed by atoms with Crippen LogP contribution in [0, 0.1) is 5.92 Å². The average molecular weight is 242 g/mol. The molecule has 2 N–H and O–H groups in total. The molecule has 100 valence electrons. The number of hydrogen-bond donors (Lipinski definition) is 2. The van der Waals surface area contributed by atoms with Crippen molar-refractivity contribution in [2.24, 2.45) is 5.92 Å². The second kappa shape index (κ2) is 7.31. The van der Waals surface area contributed by atoms with Crippen molar-refractivity contribution in [3.8, 4) is 0 Å². The van der Waals surface area contributed by atoms with E-state index in [0.29, 0.717) is 18.0 Å². The maximum atomic E-state index is 5.49. The standard InChI is InChI=1S/C13H26N2O2/c1-11(7-13-10-17-6-4-14-13)15-8-12-3-2-5-16-9-12/h11-15H,2-10H2,1H3. The average Bonchev–Trinajstić information content (AvgIpc) is 2.39. The zero-order valence-electron chi connectivity index (χ0n) is 10.9. The second-order valence-electron chi connectivity index (χ2n) is 5.35. The Morgan fingerprint density at radius 3 is 2.88 bits per heavy atom. The lowest BCUT2D eigenvalue weighted by Crippen LogP contribution is -2.45. The monoisotopic (exact) mass is 242 g/mol. The van der Waals surface area contributed by atoms with E-state index in [-0.39, 0.29) is 0 Å². The molecule has 0 aliphatic carbocycles. The third kappa shape index (κ3) is 4.92. The van der Waals surface area contributed by atoms with Crippen LogP contribution in [0.2, 0.25) is 0 Å². The van der Waals surface area contributed by atoms with Gasteiger partial charge in [0.15, 0.2) is 0 Å². The van der Waals surface area contributed by atoms with Crippen LogP contribution in [0.4, 0.5) is 0 Å². The molecular weight excluding hydrogens is 216 g/mol. The van der Waals surface area contributed by atoms with E-state index < -0.39 is 0 Å². The Hall–Kier alpha value is -0.160. The molecule has 2 fully saturated rings. The van der Waals surface area contributed by atoms with Gasteiger partial charge >= 0.3 is 0 Å². The summed E-state index contributed by atoms with van der Waals surface area (Å²) in [7, 11) is 0. The maximum Gasteiger partial charge on any atom is 0.0620 e. The molecule has 2 aliphatic rings. The Kier molecular flexibility index (Phi) is 5.71. The summed E-state index contributed by atoms with van der Waals surface area (Å²) in [5.74, 6) is 0.710. The van der Waals surface area contributed by atoms with Crippen molar-refractivity contribution in [1.82, 2.24) is 10.6 Å². The van der Waals surface area contributed by atoms with Gasteiger partial charge in [-0.15, -0.1) is 0 Å². The van der Waals surface area contributed by atoms with E-state index in [1.165, 1.54) is 12.8 Å². The second-order valence-corrected chi connectivity index (χ2v) is 5.35. The molecule has 0 spiro atoms. The van der Waals surface area contributed by atoms with E-state index in [9.17, 15) is 0 Å². The van der Waals surface area contributed by atoms with Crippen LogP contribution in [0.5, 0.6) is 0 Å². The van der Waals surface area contributed by atoms with Crippen LogP contribution in [0.3, 0.4) is 0 Å². The lowest BCUT2D eigenvalue weighted by molar-refractivity contribution is 0.0520. The zero-order valence-corrected chi connectivity index (χ0v) is 10.9. The number of ether oxygens (including phenoxy) is 2. The van der Waals surface area contributed by atoms with Gasteiger partial charge in [-0.2, -0.15) is 0 Å². The van der Waals surface area contributed by atoms with Crippen molar-refractivity contribution < 1.29 is 9.47 Å². The lowest BCUT2D eigenvalue weighted by Gasteiger charge is -2.28. The van der Waals surface area contributed by atoms with E-state index in [0.717, 1.165) is 45.9 Å². The van der Waals surface area contributed by atoms with Crippen LogP contribution in [-0.4, -0.2) is 51.6 Å². The van der Waals surface area contributed by atoms with E-state index in [1.54, 1.807) is 0 Å². The van der Waals surface area contributed by atoms with Crippen LogP contribution < -0.4 is 10.6 Å². The van der Waals surface area contributed by atoms with Gasteiger partial charge in [0.05, 0.1) is 19.8 Å². The van der Waals surface area contributed by atoms with Gasteiger partial charge in [0.1, 0.15) is 0 Å². The molecule has 0 aromatic rings. The van der Waals surface area contributed by atoms with Crippen LogP contribution in [-0.2, 0) is 9.47 Å². The first-order valence-electron chi connectivity index (χ1n) is 6.97. The molecule has 2 rings (SSSR count). The van der Waals surface area contributed by atoms with Gasteiger partial charge in [0, 0.05) is 31.8 Å². The fourth-order valence-corrected chi connectivity index (χ4v) is 2.62. The largest absolute Gasteiger partial charge is 0.381 e. The topological polar surface area (TPSA) is 42.5 Å². The first kappa shape index (κ1) is 13.3. The van der Waals surface area contributed by atoms with Gasteiger partial charge in [0.25, 0.3) is 0 Å². The van der Waals surface area contributed by atoms with Gasteiger partial charge in [0.2, 0.25) is 0 Å². The Morgan fingerprint density at radius 1 is 1.29 bits per heavy atom. The molecule has 0 amide bonds. The molecule has 2 heterocycles. The van der Waals surface area contributed by atoms with Crippen molar-refractivity contribution >= 4 is 0 Å². The molecule has 2 aliphatic heterocycles. The van der Waals surface area contributed by atoms with E-state index in [1.807, 2.05) is 0 Å². The predicted molar refractivity (Wildman–Crippen MR) is 68.2 cm³/mol. The fraction of sp³-hybridized carbons (Fsp3) is 1.00.